The van der Waals surface area contributed by atoms with Crippen LogP contribution in [-0.2, 0) is 10.0 Å². The molecule has 0 saturated carbocycles. The minimum Gasteiger partial charge on any atom is -0.258 e. The van der Waals surface area contributed by atoms with Gasteiger partial charge in [-0.25, -0.2) is 4.83 Å². The third kappa shape index (κ3) is 3.89. The van der Waals surface area contributed by atoms with Gasteiger partial charge in [-0.2, -0.15) is 13.5 Å². The zero-order valence-electron chi connectivity index (χ0n) is 11.6. The van der Waals surface area contributed by atoms with Crippen LogP contribution in [0.1, 0.15) is 11.1 Å². The van der Waals surface area contributed by atoms with E-state index in [1.165, 1.54) is 6.21 Å². The highest BCUT2D eigenvalue weighted by Crippen LogP contribution is 2.15. The van der Waals surface area contributed by atoms with Gasteiger partial charge in [0.1, 0.15) is 0 Å². The van der Waals surface area contributed by atoms with Gasteiger partial charge in [0.05, 0.1) is 16.0 Å². The molecule has 2 rings (SSSR count). The van der Waals surface area contributed by atoms with Crippen molar-refractivity contribution in [2.75, 3.05) is 0 Å². The number of nitro groups is 1. The van der Waals surface area contributed by atoms with Crippen LogP contribution in [0.3, 0.4) is 0 Å². The Labute approximate surface area is 127 Å². The van der Waals surface area contributed by atoms with E-state index in [0.29, 0.717) is 0 Å². The topological polar surface area (TPSA) is 102 Å². The normalized spacial score (nSPS) is 11.5. The third-order valence-electron chi connectivity index (χ3n) is 2.82. The summed E-state index contributed by atoms with van der Waals surface area (Å²) in [7, 11) is -3.85. The smallest absolute Gasteiger partial charge is 0.258 e. The first-order valence-electron chi connectivity index (χ1n) is 6.24. The van der Waals surface area contributed by atoms with E-state index in [9.17, 15) is 18.5 Å². The lowest BCUT2D eigenvalue weighted by Gasteiger charge is -2.02. The SMILES string of the molecule is Cc1ccc(C=NNS(=O)(=O)c2ccc([N+](=O)[O-])cc2)cc1. The van der Waals surface area contributed by atoms with Crippen LogP contribution in [0, 0.1) is 17.0 Å². The first-order chi connectivity index (χ1) is 10.4. The molecule has 114 valence electrons. The fourth-order valence-electron chi connectivity index (χ4n) is 1.62. The number of non-ortho nitro benzene ring substituents is 1. The number of hydrogen-bond acceptors (Lipinski definition) is 5. The third-order valence-corrected chi connectivity index (χ3v) is 4.06. The molecule has 0 radical (unpaired) electrons. The van der Waals surface area contributed by atoms with Gasteiger partial charge < -0.3 is 0 Å². The van der Waals surface area contributed by atoms with Crippen molar-refractivity contribution in [2.45, 2.75) is 11.8 Å². The van der Waals surface area contributed by atoms with Crippen LogP contribution >= 0.6 is 0 Å². The van der Waals surface area contributed by atoms with Crippen molar-refractivity contribution in [1.82, 2.24) is 4.83 Å². The molecule has 0 fully saturated rings. The van der Waals surface area contributed by atoms with E-state index < -0.39 is 14.9 Å². The largest absolute Gasteiger partial charge is 0.276 e. The summed E-state index contributed by atoms with van der Waals surface area (Å²) in [5, 5.41) is 14.2. The second kappa shape index (κ2) is 6.35. The first kappa shape index (κ1) is 15.6. The molecule has 0 aromatic heterocycles. The summed E-state index contributed by atoms with van der Waals surface area (Å²) in [6, 6.07) is 11.9. The fraction of sp³-hybridized carbons (Fsp3) is 0.0714. The molecule has 0 saturated heterocycles. The second-order valence-electron chi connectivity index (χ2n) is 4.51. The molecular weight excluding hydrogens is 306 g/mol. The summed E-state index contributed by atoms with van der Waals surface area (Å²) in [5.41, 5.74) is 1.66. The Morgan fingerprint density at radius 3 is 2.23 bits per heavy atom. The van der Waals surface area contributed by atoms with Crippen molar-refractivity contribution in [3.63, 3.8) is 0 Å². The van der Waals surface area contributed by atoms with Gasteiger partial charge in [0, 0.05) is 12.1 Å². The van der Waals surface area contributed by atoms with Crippen LogP contribution in [0.25, 0.3) is 0 Å². The van der Waals surface area contributed by atoms with Crippen LogP contribution in [0.5, 0.6) is 0 Å². The Kier molecular flexibility index (Phi) is 4.52. The number of nitrogens with zero attached hydrogens (tertiary/aromatic N) is 2. The number of nitro benzene ring substituents is 1. The molecule has 0 unspecified atom stereocenters. The number of hydrazone groups is 1. The van der Waals surface area contributed by atoms with E-state index in [4.69, 9.17) is 0 Å². The number of sulfonamides is 1. The molecule has 0 spiro atoms. The highest BCUT2D eigenvalue weighted by molar-refractivity contribution is 7.89. The summed E-state index contributed by atoms with van der Waals surface area (Å²) < 4.78 is 23.9. The molecule has 0 aliphatic heterocycles. The number of hydrogen-bond donors (Lipinski definition) is 1. The highest BCUT2D eigenvalue weighted by atomic mass is 32.2. The van der Waals surface area contributed by atoms with E-state index in [1.54, 1.807) is 12.1 Å². The summed E-state index contributed by atoms with van der Waals surface area (Å²) in [6.07, 6.45) is 1.38. The summed E-state index contributed by atoms with van der Waals surface area (Å²) in [5.74, 6) is 0. The first-order valence-corrected chi connectivity index (χ1v) is 7.73. The van der Waals surface area contributed by atoms with E-state index in [0.717, 1.165) is 35.4 Å². The van der Waals surface area contributed by atoms with Crippen molar-refractivity contribution in [3.05, 3.63) is 69.8 Å². The number of rotatable bonds is 5. The van der Waals surface area contributed by atoms with Crippen molar-refractivity contribution in [1.29, 1.82) is 0 Å². The molecule has 22 heavy (non-hydrogen) atoms. The molecule has 0 amide bonds. The summed E-state index contributed by atoms with van der Waals surface area (Å²) >= 11 is 0. The standard InChI is InChI=1S/C14H13N3O4S/c1-11-2-4-12(5-3-11)10-15-16-22(20,21)14-8-6-13(7-9-14)17(18)19/h2-10,16H,1H3. The highest BCUT2D eigenvalue weighted by Gasteiger charge is 2.14. The maximum absolute atomic E-state index is 12.0. The molecule has 1 N–H and O–H groups in total. The Morgan fingerprint density at radius 1 is 1.09 bits per heavy atom. The van der Waals surface area contributed by atoms with Gasteiger partial charge in [0.15, 0.2) is 0 Å². The van der Waals surface area contributed by atoms with Crippen LogP contribution < -0.4 is 4.83 Å². The van der Waals surface area contributed by atoms with Crippen LogP contribution in [0.4, 0.5) is 5.69 Å². The van der Waals surface area contributed by atoms with Gasteiger partial charge in [0.2, 0.25) is 0 Å². The fourth-order valence-corrected chi connectivity index (χ4v) is 2.41. The predicted octanol–water partition coefficient (Wildman–Crippen LogP) is 2.22. The van der Waals surface area contributed by atoms with Crippen LogP contribution in [0.15, 0.2) is 58.5 Å². The Balaban J connectivity index is 2.10. The molecule has 0 bridgehead atoms. The van der Waals surface area contributed by atoms with E-state index in [2.05, 4.69) is 9.93 Å². The zero-order valence-corrected chi connectivity index (χ0v) is 12.4. The van der Waals surface area contributed by atoms with Gasteiger partial charge in [-0.15, -0.1) is 0 Å². The molecule has 0 aliphatic rings. The maximum Gasteiger partial charge on any atom is 0.276 e. The van der Waals surface area contributed by atoms with Crippen molar-refractivity contribution in [3.8, 4) is 0 Å². The zero-order chi connectivity index (χ0) is 16.2. The maximum atomic E-state index is 12.0. The molecule has 2 aromatic rings. The Morgan fingerprint density at radius 2 is 1.68 bits per heavy atom. The Bertz CT molecular complexity index is 797. The van der Waals surface area contributed by atoms with Gasteiger partial charge in [-0.05, 0) is 24.6 Å². The second-order valence-corrected chi connectivity index (χ2v) is 6.18. The van der Waals surface area contributed by atoms with Crippen molar-refractivity contribution >= 4 is 21.9 Å². The lowest BCUT2D eigenvalue weighted by Crippen LogP contribution is -2.18. The lowest BCUT2D eigenvalue weighted by atomic mass is 10.2. The molecular formula is C14H13N3O4S. The van der Waals surface area contributed by atoms with Crippen LogP contribution in [-0.4, -0.2) is 19.6 Å². The average Bonchev–Trinajstić information content (AvgIpc) is 2.49. The van der Waals surface area contributed by atoms with E-state index in [1.807, 2.05) is 19.1 Å². The Hall–Kier alpha value is -2.74. The monoisotopic (exact) mass is 319 g/mol. The van der Waals surface area contributed by atoms with E-state index in [-0.39, 0.29) is 10.6 Å². The minimum atomic E-state index is -3.85. The van der Waals surface area contributed by atoms with Crippen molar-refractivity contribution < 1.29 is 13.3 Å². The molecule has 0 aliphatic carbocycles. The van der Waals surface area contributed by atoms with Crippen LogP contribution in [0.2, 0.25) is 0 Å². The molecule has 2 aromatic carbocycles. The quantitative estimate of drug-likeness (QED) is 0.518. The van der Waals surface area contributed by atoms with Gasteiger partial charge in [-0.3, -0.25) is 10.1 Å². The molecule has 8 heteroatoms. The predicted molar refractivity (Wildman–Crippen MR) is 82.2 cm³/mol. The van der Waals surface area contributed by atoms with Gasteiger partial charge >= 0.3 is 0 Å². The summed E-state index contributed by atoms with van der Waals surface area (Å²) in [6.45, 7) is 1.94. The average molecular weight is 319 g/mol. The number of benzene rings is 2. The van der Waals surface area contributed by atoms with Gasteiger partial charge in [-0.1, -0.05) is 29.8 Å². The minimum absolute atomic E-state index is 0.0980. The number of aryl methyl sites for hydroxylation is 1. The summed E-state index contributed by atoms with van der Waals surface area (Å²) in [4.78, 5) is 11.9. The lowest BCUT2D eigenvalue weighted by molar-refractivity contribution is -0.384. The van der Waals surface area contributed by atoms with Gasteiger partial charge in [0.25, 0.3) is 15.7 Å². The molecule has 0 atom stereocenters. The van der Waals surface area contributed by atoms with Crippen molar-refractivity contribution in [2.24, 2.45) is 5.10 Å². The molecule has 7 nitrogen and oxygen atoms in total. The molecule has 0 heterocycles. The van der Waals surface area contributed by atoms with E-state index >= 15 is 0 Å². The number of nitrogens with one attached hydrogen (secondary N) is 1.